The smallest absolute Gasteiger partial charge is 0.261 e. The maximum atomic E-state index is 13.8. The van der Waals surface area contributed by atoms with Crippen LogP contribution in [0.1, 0.15) is 32.8 Å². The van der Waals surface area contributed by atoms with E-state index in [4.69, 9.17) is 4.74 Å². The second-order valence-corrected chi connectivity index (χ2v) is 7.78. The summed E-state index contributed by atoms with van der Waals surface area (Å²) >= 11 is 3.42. The number of ether oxygens (including phenoxy) is 1. The van der Waals surface area contributed by atoms with Crippen LogP contribution in [0.15, 0.2) is 53.0 Å². The number of carbonyl (C=O) groups is 2. The number of nitrogens with zero attached hydrogens (tertiary/aromatic N) is 1. The van der Waals surface area contributed by atoms with Gasteiger partial charge in [-0.15, -0.1) is 0 Å². The lowest BCUT2D eigenvalue weighted by Gasteiger charge is -2.29. The summed E-state index contributed by atoms with van der Waals surface area (Å²) in [6.45, 7) is 5.43. The third-order valence-corrected chi connectivity index (χ3v) is 5.09. The van der Waals surface area contributed by atoms with Crippen molar-refractivity contribution in [3.8, 4) is 5.75 Å². The van der Waals surface area contributed by atoms with Gasteiger partial charge in [0.25, 0.3) is 5.91 Å². The maximum absolute atomic E-state index is 13.8. The van der Waals surface area contributed by atoms with Gasteiger partial charge in [-0.2, -0.15) is 0 Å². The minimum absolute atomic E-state index is 0.0000321. The molecule has 29 heavy (non-hydrogen) atoms. The quantitative estimate of drug-likeness (QED) is 0.601. The highest BCUT2D eigenvalue weighted by molar-refractivity contribution is 9.10. The molecule has 7 heteroatoms. The van der Waals surface area contributed by atoms with Crippen LogP contribution in [0, 0.1) is 5.82 Å². The van der Waals surface area contributed by atoms with Crippen LogP contribution in [0.3, 0.4) is 0 Å². The van der Waals surface area contributed by atoms with Gasteiger partial charge in [-0.25, -0.2) is 4.39 Å². The van der Waals surface area contributed by atoms with Gasteiger partial charge in [0.2, 0.25) is 5.91 Å². The molecule has 0 aliphatic rings. The fourth-order valence-electron chi connectivity index (χ4n) is 2.66. The van der Waals surface area contributed by atoms with E-state index in [1.54, 1.807) is 19.1 Å². The highest BCUT2D eigenvalue weighted by Crippen LogP contribution is 2.18. The van der Waals surface area contributed by atoms with Gasteiger partial charge in [-0.1, -0.05) is 47.1 Å². The summed E-state index contributed by atoms with van der Waals surface area (Å²) < 4.78 is 20.0. The zero-order valence-corrected chi connectivity index (χ0v) is 18.4. The molecular formula is C22H26BrFN2O3. The maximum Gasteiger partial charge on any atom is 0.261 e. The van der Waals surface area contributed by atoms with Gasteiger partial charge in [0.15, 0.2) is 18.2 Å². The van der Waals surface area contributed by atoms with E-state index in [1.807, 2.05) is 38.1 Å². The Morgan fingerprint density at radius 3 is 2.55 bits per heavy atom. The lowest BCUT2D eigenvalue weighted by atomic mass is 10.1. The number of hydrogen-bond acceptors (Lipinski definition) is 3. The molecule has 2 amide bonds. The topological polar surface area (TPSA) is 58.6 Å². The van der Waals surface area contributed by atoms with Crippen LogP contribution in [0.5, 0.6) is 5.75 Å². The van der Waals surface area contributed by atoms with Crippen molar-refractivity contribution in [2.45, 2.75) is 45.8 Å². The Balaban J connectivity index is 2.17. The Hall–Kier alpha value is -2.41. The van der Waals surface area contributed by atoms with Crippen LogP contribution in [0.4, 0.5) is 4.39 Å². The molecule has 156 valence electrons. The number of carbonyl (C=O) groups excluding carboxylic acids is 2. The average Bonchev–Trinajstić information content (AvgIpc) is 2.70. The number of halogens is 2. The van der Waals surface area contributed by atoms with Gasteiger partial charge in [0, 0.05) is 17.1 Å². The first-order valence-electron chi connectivity index (χ1n) is 9.53. The van der Waals surface area contributed by atoms with Crippen LogP contribution >= 0.6 is 15.9 Å². The molecule has 0 fully saturated rings. The molecular weight excluding hydrogens is 439 g/mol. The van der Waals surface area contributed by atoms with E-state index in [0.717, 1.165) is 16.5 Å². The first kappa shape index (κ1) is 22.9. The molecule has 0 aromatic heterocycles. The summed E-state index contributed by atoms with van der Waals surface area (Å²) in [6.07, 6.45) is 0.786. The summed E-state index contributed by atoms with van der Waals surface area (Å²) in [5.74, 6) is -1.19. The molecule has 0 heterocycles. The molecule has 1 N–H and O–H groups in total. The van der Waals surface area contributed by atoms with Crippen molar-refractivity contribution in [3.63, 3.8) is 0 Å². The minimum atomic E-state index is -0.709. The monoisotopic (exact) mass is 464 g/mol. The predicted octanol–water partition coefficient (Wildman–Crippen LogP) is 4.30. The standard InChI is InChI=1S/C22H26BrFN2O3/c1-4-15(2)25-22(28)16(3)26(13-17-8-7-9-18(23)12-17)21(27)14-29-20-11-6-5-10-19(20)24/h5-12,15-16H,4,13-14H2,1-3H3,(H,25,28)/t15-,16+/m1/s1. The molecule has 0 aliphatic heterocycles. The summed E-state index contributed by atoms with van der Waals surface area (Å²) in [6, 6.07) is 12.7. The molecule has 2 rings (SSSR count). The fourth-order valence-corrected chi connectivity index (χ4v) is 3.11. The van der Waals surface area contributed by atoms with E-state index in [1.165, 1.54) is 17.0 Å². The van der Waals surface area contributed by atoms with Crippen molar-refractivity contribution < 1.29 is 18.7 Å². The van der Waals surface area contributed by atoms with Crippen molar-refractivity contribution in [2.24, 2.45) is 0 Å². The molecule has 0 saturated carbocycles. The van der Waals surface area contributed by atoms with Crippen LogP contribution < -0.4 is 10.1 Å². The molecule has 2 aromatic carbocycles. The molecule has 0 spiro atoms. The Morgan fingerprint density at radius 1 is 1.17 bits per heavy atom. The lowest BCUT2D eigenvalue weighted by molar-refractivity contribution is -0.142. The third-order valence-electron chi connectivity index (χ3n) is 4.60. The van der Waals surface area contributed by atoms with E-state index in [0.29, 0.717) is 0 Å². The minimum Gasteiger partial charge on any atom is -0.481 e. The molecule has 0 unspecified atom stereocenters. The molecule has 0 aliphatic carbocycles. The van der Waals surface area contributed by atoms with Crippen LogP contribution in [-0.2, 0) is 16.1 Å². The Kier molecular flexibility index (Phi) is 8.64. The van der Waals surface area contributed by atoms with Gasteiger partial charge in [0.1, 0.15) is 6.04 Å². The van der Waals surface area contributed by atoms with E-state index in [9.17, 15) is 14.0 Å². The van der Waals surface area contributed by atoms with E-state index < -0.39 is 17.8 Å². The van der Waals surface area contributed by atoms with Gasteiger partial charge in [-0.05, 0) is 50.1 Å². The largest absolute Gasteiger partial charge is 0.481 e. The third kappa shape index (κ3) is 6.85. The zero-order valence-electron chi connectivity index (χ0n) is 16.8. The van der Waals surface area contributed by atoms with Crippen molar-refractivity contribution in [2.75, 3.05) is 6.61 Å². The lowest BCUT2D eigenvalue weighted by Crippen LogP contribution is -2.50. The number of rotatable bonds is 9. The second-order valence-electron chi connectivity index (χ2n) is 6.86. The number of para-hydroxylation sites is 1. The van der Waals surface area contributed by atoms with Crippen LogP contribution in [0.25, 0.3) is 0 Å². The summed E-state index contributed by atoms with van der Waals surface area (Å²) in [5, 5.41) is 2.90. The molecule has 0 saturated heterocycles. The van der Waals surface area contributed by atoms with Gasteiger partial charge < -0.3 is 15.0 Å². The van der Waals surface area contributed by atoms with Crippen LogP contribution in [-0.4, -0.2) is 35.4 Å². The summed E-state index contributed by atoms with van der Waals surface area (Å²) in [7, 11) is 0. The predicted molar refractivity (Wildman–Crippen MR) is 114 cm³/mol. The van der Waals surface area contributed by atoms with Gasteiger partial charge in [-0.3, -0.25) is 9.59 Å². The SMILES string of the molecule is CC[C@@H](C)NC(=O)[C@H](C)N(Cc1cccc(Br)c1)C(=O)COc1ccccc1F. The van der Waals surface area contributed by atoms with Crippen molar-refractivity contribution in [1.29, 1.82) is 0 Å². The summed E-state index contributed by atoms with van der Waals surface area (Å²) in [5.41, 5.74) is 0.863. The number of amides is 2. The van der Waals surface area contributed by atoms with Crippen molar-refractivity contribution in [3.05, 3.63) is 64.4 Å². The first-order chi connectivity index (χ1) is 13.8. The van der Waals surface area contributed by atoms with E-state index in [2.05, 4.69) is 21.2 Å². The highest BCUT2D eigenvalue weighted by Gasteiger charge is 2.27. The van der Waals surface area contributed by atoms with Crippen LogP contribution in [0.2, 0.25) is 0 Å². The van der Waals surface area contributed by atoms with Crippen molar-refractivity contribution in [1.82, 2.24) is 10.2 Å². The Bertz CT molecular complexity index is 846. The Morgan fingerprint density at radius 2 is 1.90 bits per heavy atom. The van der Waals surface area contributed by atoms with Gasteiger partial charge >= 0.3 is 0 Å². The number of hydrogen-bond donors (Lipinski definition) is 1. The summed E-state index contributed by atoms with van der Waals surface area (Å²) in [4.78, 5) is 27.0. The number of benzene rings is 2. The van der Waals surface area contributed by atoms with E-state index in [-0.39, 0.29) is 30.9 Å². The molecule has 5 nitrogen and oxygen atoms in total. The second kappa shape index (κ2) is 11.0. The Labute approximate surface area is 179 Å². The van der Waals surface area contributed by atoms with Crippen molar-refractivity contribution >= 4 is 27.7 Å². The highest BCUT2D eigenvalue weighted by atomic mass is 79.9. The molecule has 0 radical (unpaired) electrons. The molecule has 2 aromatic rings. The van der Waals surface area contributed by atoms with E-state index >= 15 is 0 Å². The fraction of sp³-hybridized carbons (Fsp3) is 0.364. The first-order valence-corrected chi connectivity index (χ1v) is 10.3. The number of nitrogens with one attached hydrogen (secondary N) is 1. The molecule has 0 bridgehead atoms. The normalized spacial score (nSPS) is 12.7. The average molecular weight is 465 g/mol. The van der Waals surface area contributed by atoms with Gasteiger partial charge in [0.05, 0.1) is 0 Å². The molecule has 2 atom stereocenters. The zero-order chi connectivity index (χ0) is 21.4.